The second-order valence-electron chi connectivity index (χ2n) is 5.90. The molecule has 1 aromatic carbocycles. The first kappa shape index (κ1) is 14.7. The van der Waals surface area contributed by atoms with Crippen molar-refractivity contribution < 1.29 is 4.79 Å². The van der Waals surface area contributed by atoms with Crippen molar-refractivity contribution >= 4 is 11.6 Å². The van der Waals surface area contributed by atoms with Crippen LogP contribution in [0.1, 0.15) is 31.2 Å². The van der Waals surface area contributed by atoms with Crippen molar-refractivity contribution in [2.75, 3.05) is 5.32 Å². The van der Waals surface area contributed by atoms with Crippen LogP contribution in [-0.4, -0.2) is 26.7 Å². The zero-order valence-corrected chi connectivity index (χ0v) is 12.5. The standard InChI is InChI=1S/C16H21N5O/c17-15-3-1-2-13(15)8-16(22)20-14-6-4-12(5-7-14)9-21-11-18-10-19-21/h4-7,10-11,13,15H,1-3,8-9,17H2,(H,20,22)/t13-,15+/m0/s1. The summed E-state index contributed by atoms with van der Waals surface area (Å²) in [5.74, 6) is 0.373. The maximum atomic E-state index is 12.1. The lowest BCUT2D eigenvalue weighted by Gasteiger charge is -2.14. The van der Waals surface area contributed by atoms with Gasteiger partial charge in [-0.2, -0.15) is 5.10 Å². The summed E-state index contributed by atoms with van der Waals surface area (Å²) in [5, 5.41) is 7.02. The van der Waals surface area contributed by atoms with E-state index in [0.717, 1.165) is 30.5 Å². The van der Waals surface area contributed by atoms with Crippen LogP contribution in [0.2, 0.25) is 0 Å². The molecule has 6 nitrogen and oxygen atoms in total. The van der Waals surface area contributed by atoms with Crippen molar-refractivity contribution in [2.45, 2.75) is 38.3 Å². The fourth-order valence-electron chi connectivity index (χ4n) is 2.96. The summed E-state index contributed by atoms with van der Waals surface area (Å²) in [6, 6.07) is 7.98. The molecule has 22 heavy (non-hydrogen) atoms. The van der Waals surface area contributed by atoms with Crippen LogP contribution in [-0.2, 0) is 11.3 Å². The average molecular weight is 299 g/mol. The van der Waals surface area contributed by atoms with Gasteiger partial charge in [0, 0.05) is 18.2 Å². The van der Waals surface area contributed by atoms with E-state index in [1.807, 2.05) is 24.3 Å². The highest BCUT2D eigenvalue weighted by Crippen LogP contribution is 2.27. The highest BCUT2D eigenvalue weighted by molar-refractivity contribution is 5.90. The summed E-state index contributed by atoms with van der Waals surface area (Å²) in [6.45, 7) is 0.672. The van der Waals surface area contributed by atoms with Gasteiger partial charge < -0.3 is 11.1 Å². The molecule has 3 rings (SSSR count). The fourth-order valence-corrected chi connectivity index (χ4v) is 2.96. The number of nitrogens with two attached hydrogens (primary N) is 1. The predicted octanol–water partition coefficient (Wildman–Crippen LogP) is 1.78. The van der Waals surface area contributed by atoms with E-state index >= 15 is 0 Å². The molecule has 2 aromatic rings. The molecule has 0 aliphatic heterocycles. The van der Waals surface area contributed by atoms with Crippen LogP contribution in [0.25, 0.3) is 0 Å². The number of carbonyl (C=O) groups is 1. The largest absolute Gasteiger partial charge is 0.327 e. The third kappa shape index (κ3) is 3.71. The van der Waals surface area contributed by atoms with E-state index in [1.165, 1.54) is 6.33 Å². The zero-order valence-electron chi connectivity index (χ0n) is 12.5. The Kier molecular flexibility index (Phi) is 4.48. The quantitative estimate of drug-likeness (QED) is 0.881. The van der Waals surface area contributed by atoms with Crippen molar-refractivity contribution in [1.82, 2.24) is 14.8 Å². The maximum Gasteiger partial charge on any atom is 0.224 e. The Balaban J connectivity index is 1.53. The summed E-state index contributed by atoms with van der Waals surface area (Å²) in [5.41, 5.74) is 7.94. The molecular formula is C16H21N5O. The Bertz CT molecular complexity index is 608. The number of hydrogen-bond acceptors (Lipinski definition) is 4. The smallest absolute Gasteiger partial charge is 0.224 e. The summed E-state index contributed by atoms with van der Waals surface area (Å²) < 4.78 is 1.76. The molecule has 0 saturated heterocycles. The second kappa shape index (κ2) is 6.70. The highest BCUT2D eigenvalue weighted by atomic mass is 16.1. The Hall–Kier alpha value is -2.21. The number of nitrogens with one attached hydrogen (secondary N) is 1. The number of benzene rings is 1. The average Bonchev–Trinajstić information content (AvgIpc) is 3.14. The zero-order chi connectivity index (χ0) is 15.4. The Morgan fingerprint density at radius 3 is 2.77 bits per heavy atom. The van der Waals surface area contributed by atoms with Gasteiger partial charge >= 0.3 is 0 Å². The van der Waals surface area contributed by atoms with Crippen LogP contribution in [0.4, 0.5) is 5.69 Å². The van der Waals surface area contributed by atoms with Gasteiger partial charge in [0.1, 0.15) is 12.7 Å². The van der Waals surface area contributed by atoms with Gasteiger partial charge in [0.15, 0.2) is 0 Å². The molecular weight excluding hydrogens is 278 g/mol. The minimum absolute atomic E-state index is 0.0476. The van der Waals surface area contributed by atoms with Crippen LogP contribution in [0.15, 0.2) is 36.9 Å². The summed E-state index contributed by atoms with van der Waals surface area (Å²) >= 11 is 0. The van der Waals surface area contributed by atoms with E-state index in [4.69, 9.17) is 5.73 Å². The molecule has 2 atom stereocenters. The first-order chi connectivity index (χ1) is 10.7. The number of carbonyl (C=O) groups excluding carboxylic acids is 1. The number of hydrogen-bond donors (Lipinski definition) is 2. The van der Waals surface area contributed by atoms with Gasteiger partial charge in [-0.15, -0.1) is 0 Å². The van der Waals surface area contributed by atoms with Gasteiger partial charge in [0.05, 0.1) is 6.54 Å². The maximum absolute atomic E-state index is 12.1. The summed E-state index contributed by atoms with van der Waals surface area (Å²) in [6.07, 6.45) is 6.95. The minimum Gasteiger partial charge on any atom is -0.327 e. The van der Waals surface area contributed by atoms with Gasteiger partial charge in [-0.25, -0.2) is 9.67 Å². The SMILES string of the molecule is N[C@@H]1CCC[C@H]1CC(=O)Nc1ccc(Cn2cncn2)cc1. The molecule has 1 amide bonds. The lowest BCUT2D eigenvalue weighted by Crippen LogP contribution is -2.28. The fraction of sp³-hybridized carbons (Fsp3) is 0.438. The first-order valence-electron chi connectivity index (χ1n) is 7.67. The molecule has 0 unspecified atom stereocenters. The Labute approximate surface area is 129 Å². The van der Waals surface area contributed by atoms with Gasteiger partial charge in [0.25, 0.3) is 0 Å². The molecule has 3 N–H and O–H groups in total. The molecule has 1 aliphatic rings. The van der Waals surface area contributed by atoms with Crippen molar-refractivity contribution in [3.8, 4) is 0 Å². The third-order valence-electron chi connectivity index (χ3n) is 4.21. The number of rotatable bonds is 5. The monoisotopic (exact) mass is 299 g/mol. The van der Waals surface area contributed by atoms with E-state index in [2.05, 4.69) is 15.4 Å². The van der Waals surface area contributed by atoms with E-state index in [1.54, 1.807) is 11.0 Å². The van der Waals surface area contributed by atoms with E-state index in [9.17, 15) is 4.79 Å². The Morgan fingerprint density at radius 2 is 2.14 bits per heavy atom. The molecule has 1 saturated carbocycles. The van der Waals surface area contributed by atoms with Gasteiger partial charge in [-0.1, -0.05) is 18.6 Å². The van der Waals surface area contributed by atoms with E-state index in [-0.39, 0.29) is 11.9 Å². The Morgan fingerprint density at radius 1 is 1.32 bits per heavy atom. The molecule has 1 aromatic heterocycles. The molecule has 0 radical (unpaired) electrons. The van der Waals surface area contributed by atoms with Crippen LogP contribution in [0.5, 0.6) is 0 Å². The number of amides is 1. The van der Waals surface area contributed by atoms with Crippen LogP contribution in [0.3, 0.4) is 0 Å². The van der Waals surface area contributed by atoms with Gasteiger partial charge in [-0.05, 0) is 36.5 Å². The van der Waals surface area contributed by atoms with Crippen molar-refractivity contribution in [1.29, 1.82) is 0 Å². The first-order valence-corrected chi connectivity index (χ1v) is 7.67. The lowest BCUT2D eigenvalue weighted by molar-refractivity contribution is -0.117. The van der Waals surface area contributed by atoms with E-state index in [0.29, 0.717) is 18.9 Å². The normalized spacial score (nSPS) is 21.0. The van der Waals surface area contributed by atoms with Gasteiger partial charge in [0.2, 0.25) is 5.91 Å². The summed E-state index contributed by atoms with van der Waals surface area (Å²) in [7, 11) is 0. The van der Waals surface area contributed by atoms with Crippen molar-refractivity contribution in [3.63, 3.8) is 0 Å². The predicted molar refractivity (Wildman–Crippen MR) is 84.1 cm³/mol. The number of nitrogens with zero attached hydrogens (tertiary/aromatic N) is 3. The molecule has 1 fully saturated rings. The third-order valence-corrected chi connectivity index (χ3v) is 4.21. The second-order valence-corrected chi connectivity index (χ2v) is 5.90. The molecule has 6 heteroatoms. The topological polar surface area (TPSA) is 85.8 Å². The lowest BCUT2D eigenvalue weighted by atomic mass is 10.00. The van der Waals surface area contributed by atoms with Crippen LogP contribution in [0, 0.1) is 5.92 Å². The summed E-state index contributed by atoms with van der Waals surface area (Å²) in [4.78, 5) is 16.0. The molecule has 0 bridgehead atoms. The highest BCUT2D eigenvalue weighted by Gasteiger charge is 2.25. The molecule has 1 heterocycles. The van der Waals surface area contributed by atoms with E-state index < -0.39 is 0 Å². The van der Waals surface area contributed by atoms with Crippen LogP contribution >= 0.6 is 0 Å². The van der Waals surface area contributed by atoms with Crippen molar-refractivity contribution in [3.05, 3.63) is 42.5 Å². The van der Waals surface area contributed by atoms with Crippen molar-refractivity contribution in [2.24, 2.45) is 11.7 Å². The van der Waals surface area contributed by atoms with Crippen LogP contribution < -0.4 is 11.1 Å². The molecule has 116 valence electrons. The van der Waals surface area contributed by atoms with Gasteiger partial charge in [-0.3, -0.25) is 4.79 Å². The molecule has 0 spiro atoms. The number of anilines is 1. The minimum atomic E-state index is 0.0476. The molecule has 1 aliphatic carbocycles. The number of aromatic nitrogens is 3.